The zero-order valence-electron chi connectivity index (χ0n) is 20.9. The monoisotopic (exact) mass is 472 g/mol. The van der Waals surface area contributed by atoms with Crippen LogP contribution >= 0.6 is 0 Å². The minimum Gasteiger partial charge on any atom is -0.394 e. The average Bonchev–Trinajstić information content (AvgIpc) is 2.76. The first-order valence-corrected chi connectivity index (χ1v) is 11.6. The molecule has 6 N–H and O–H groups in total. The first-order chi connectivity index (χ1) is 15.8. The Morgan fingerprint density at radius 1 is 0.824 bits per heavy atom. The van der Waals surface area contributed by atoms with E-state index >= 15 is 0 Å². The molecule has 2 aromatic rings. The van der Waals surface area contributed by atoms with Crippen molar-refractivity contribution in [2.24, 2.45) is 0 Å². The van der Waals surface area contributed by atoms with E-state index in [1.807, 2.05) is 64.1 Å². The highest BCUT2D eigenvalue weighted by atomic mass is 16.4. The minimum atomic E-state index is -2.38. The van der Waals surface area contributed by atoms with Gasteiger partial charge in [0.2, 0.25) is 0 Å². The summed E-state index contributed by atoms with van der Waals surface area (Å²) >= 11 is 0. The van der Waals surface area contributed by atoms with Crippen LogP contribution in [0.3, 0.4) is 0 Å². The maximum absolute atomic E-state index is 11.9. The van der Waals surface area contributed by atoms with E-state index in [1.54, 1.807) is 6.92 Å². The zero-order valence-corrected chi connectivity index (χ0v) is 20.9. The molecule has 2 aromatic carbocycles. The van der Waals surface area contributed by atoms with Gasteiger partial charge in [0.15, 0.2) is 0 Å². The van der Waals surface area contributed by atoms with Gasteiger partial charge in [0.05, 0.1) is 6.61 Å². The Bertz CT molecular complexity index is 962. The molecule has 0 bridgehead atoms. The lowest BCUT2D eigenvalue weighted by Crippen LogP contribution is -2.66. The van der Waals surface area contributed by atoms with Crippen LogP contribution in [0.25, 0.3) is 0 Å². The highest BCUT2D eigenvalue weighted by Gasteiger charge is 2.54. The molecule has 5 atom stereocenters. The third-order valence-corrected chi connectivity index (χ3v) is 6.89. The van der Waals surface area contributed by atoms with Gasteiger partial charge in [-0.3, -0.25) is 0 Å². The molecule has 0 aliphatic heterocycles. The third-order valence-electron chi connectivity index (χ3n) is 6.89. The molecule has 34 heavy (non-hydrogen) atoms. The first-order valence-electron chi connectivity index (χ1n) is 11.6. The maximum Gasteiger partial charge on any atom is 0.126 e. The van der Waals surface area contributed by atoms with E-state index in [1.165, 1.54) is 0 Å². The van der Waals surface area contributed by atoms with Gasteiger partial charge in [-0.25, -0.2) is 0 Å². The maximum atomic E-state index is 11.9. The molecule has 0 aliphatic rings. The van der Waals surface area contributed by atoms with Gasteiger partial charge < -0.3 is 30.6 Å². The Morgan fingerprint density at radius 3 is 1.62 bits per heavy atom. The fraction of sp³-hybridized carbons (Fsp3) is 0.500. The third kappa shape index (κ3) is 5.95. The molecule has 0 saturated carbocycles. The van der Waals surface area contributed by atoms with Crippen molar-refractivity contribution in [1.82, 2.24) is 0 Å². The lowest BCUT2D eigenvalue weighted by atomic mass is 9.70. The van der Waals surface area contributed by atoms with E-state index in [2.05, 4.69) is 6.58 Å². The van der Waals surface area contributed by atoms with Gasteiger partial charge in [-0.1, -0.05) is 42.0 Å². The van der Waals surface area contributed by atoms with Gasteiger partial charge in [0, 0.05) is 12.8 Å². The number of aryl methyl sites for hydroxylation is 4. The summed E-state index contributed by atoms with van der Waals surface area (Å²) in [5.41, 5.74) is 1.28. The summed E-state index contributed by atoms with van der Waals surface area (Å²) in [5, 5.41) is 66.1. The fourth-order valence-corrected chi connectivity index (χ4v) is 4.88. The van der Waals surface area contributed by atoms with Crippen LogP contribution in [0.5, 0.6) is 0 Å². The molecule has 188 valence electrons. The summed E-state index contributed by atoms with van der Waals surface area (Å²) in [6, 6.07) is 11.3. The molecule has 0 amide bonds. The van der Waals surface area contributed by atoms with Gasteiger partial charge in [0.25, 0.3) is 0 Å². The number of rotatable bonds is 11. The quantitative estimate of drug-likeness (QED) is 0.279. The number of aliphatic hydroxyl groups excluding tert-OH is 4. The first kappa shape index (κ1) is 28.2. The SMILES string of the molecule is C=C(C)CC(O)(Cc1c(C)cccc1C)[C@@H](O)[C@@](O)(Cc1c(C)cccc1C)[C@H](O)[C@@H](O)CO. The Hall–Kier alpha value is -2.06. The predicted octanol–water partition coefficient (Wildman–Crippen LogP) is 2.21. The van der Waals surface area contributed by atoms with E-state index in [0.29, 0.717) is 11.1 Å². The van der Waals surface area contributed by atoms with E-state index in [9.17, 15) is 30.6 Å². The lowest BCUT2D eigenvalue weighted by Gasteiger charge is -2.46. The lowest BCUT2D eigenvalue weighted by molar-refractivity contribution is -0.228. The molecule has 2 rings (SSSR count). The Kier molecular flexibility index (Phi) is 9.22. The molecule has 6 heteroatoms. The van der Waals surface area contributed by atoms with Gasteiger partial charge in [-0.2, -0.15) is 0 Å². The average molecular weight is 473 g/mol. The second-order valence-electron chi connectivity index (χ2n) is 9.92. The van der Waals surface area contributed by atoms with Crippen LogP contribution in [-0.2, 0) is 12.8 Å². The van der Waals surface area contributed by atoms with Crippen molar-refractivity contribution in [3.8, 4) is 0 Å². The summed E-state index contributed by atoms with van der Waals surface area (Å²) in [7, 11) is 0. The van der Waals surface area contributed by atoms with E-state index in [4.69, 9.17) is 0 Å². The summed E-state index contributed by atoms with van der Waals surface area (Å²) < 4.78 is 0. The highest BCUT2D eigenvalue weighted by Crippen LogP contribution is 2.37. The number of benzene rings is 2. The molecule has 1 unspecified atom stereocenters. The number of aliphatic hydroxyl groups is 6. The molecule has 0 saturated heterocycles. The fourth-order valence-electron chi connectivity index (χ4n) is 4.88. The molecular weight excluding hydrogens is 432 g/mol. The highest BCUT2D eigenvalue weighted by molar-refractivity contribution is 5.37. The van der Waals surface area contributed by atoms with Gasteiger partial charge in [-0.15, -0.1) is 6.58 Å². The van der Waals surface area contributed by atoms with Gasteiger partial charge in [0.1, 0.15) is 29.5 Å². The smallest absolute Gasteiger partial charge is 0.126 e. The van der Waals surface area contributed by atoms with Crippen molar-refractivity contribution in [3.63, 3.8) is 0 Å². The van der Waals surface area contributed by atoms with Gasteiger partial charge >= 0.3 is 0 Å². The Labute approximate surface area is 202 Å². The largest absolute Gasteiger partial charge is 0.394 e. The Morgan fingerprint density at radius 2 is 1.24 bits per heavy atom. The van der Waals surface area contributed by atoms with Crippen molar-refractivity contribution in [3.05, 3.63) is 81.9 Å². The van der Waals surface area contributed by atoms with E-state index < -0.39 is 36.1 Å². The normalized spacial score (nSPS) is 18.0. The summed E-state index contributed by atoms with van der Waals surface area (Å²) in [6.45, 7) is 12.3. The van der Waals surface area contributed by atoms with Crippen molar-refractivity contribution < 1.29 is 30.6 Å². The van der Waals surface area contributed by atoms with Crippen molar-refractivity contribution in [2.45, 2.75) is 83.4 Å². The van der Waals surface area contributed by atoms with E-state index in [-0.39, 0.29) is 19.3 Å². The van der Waals surface area contributed by atoms with Crippen LogP contribution in [0.15, 0.2) is 48.6 Å². The zero-order chi connectivity index (χ0) is 25.8. The second kappa shape index (κ2) is 11.1. The minimum absolute atomic E-state index is 0.00343. The topological polar surface area (TPSA) is 121 Å². The van der Waals surface area contributed by atoms with Crippen molar-refractivity contribution in [1.29, 1.82) is 0 Å². The molecule has 0 fully saturated rings. The van der Waals surface area contributed by atoms with E-state index in [0.717, 1.165) is 27.8 Å². The van der Waals surface area contributed by atoms with Crippen LogP contribution in [0.2, 0.25) is 0 Å². The van der Waals surface area contributed by atoms with Crippen LogP contribution < -0.4 is 0 Å². The summed E-state index contributed by atoms with van der Waals surface area (Å²) in [5.74, 6) is 0. The molecule has 0 radical (unpaired) electrons. The molecule has 0 heterocycles. The number of hydrogen-bond donors (Lipinski definition) is 6. The molecular formula is C28H40O6. The standard InChI is InChI=1S/C28H40O6/c1-17(2)13-27(33,14-22-18(3)9-7-10-19(22)4)26(32)28(34,25(31)24(30)16-29)15-23-20(5)11-8-12-21(23)6/h7-12,24-26,29-34H,1,13-16H2,2-6H3/t24-,25+,26+,27?,28+/m0/s1. The molecule has 6 nitrogen and oxygen atoms in total. The molecule has 0 aromatic heterocycles. The molecule has 0 spiro atoms. The second-order valence-corrected chi connectivity index (χ2v) is 9.92. The van der Waals surface area contributed by atoms with Crippen LogP contribution in [0.1, 0.15) is 46.7 Å². The predicted molar refractivity (Wildman–Crippen MR) is 134 cm³/mol. The molecule has 0 aliphatic carbocycles. The summed E-state index contributed by atoms with van der Waals surface area (Å²) in [6.07, 6.45) is -5.82. The van der Waals surface area contributed by atoms with Crippen molar-refractivity contribution in [2.75, 3.05) is 6.61 Å². The summed E-state index contributed by atoms with van der Waals surface area (Å²) in [4.78, 5) is 0. The Balaban J connectivity index is 2.66. The van der Waals surface area contributed by atoms with Crippen LogP contribution in [-0.4, -0.2) is 66.8 Å². The number of hydrogen-bond acceptors (Lipinski definition) is 6. The van der Waals surface area contributed by atoms with Crippen LogP contribution in [0, 0.1) is 27.7 Å². The van der Waals surface area contributed by atoms with Crippen LogP contribution in [0.4, 0.5) is 0 Å². The van der Waals surface area contributed by atoms with Crippen molar-refractivity contribution >= 4 is 0 Å². The van der Waals surface area contributed by atoms with Gasteiger partial charge in [-0.05, 0) is 74.4 Å².